The lowest BCUT2D eigenvalue weighted by Gasteiger charge is -2.21. The summed E-state index contributed by atoms with van der Waals surface area (Å²) in [6.07, 6.45) is -0.0521. The van der Waals surface area contributed by atoms with Gasteiger partial charge in [-0.2, -0.15) is 0 Å². The maximum Gasteiger partial charge on any atom is 0.0964 e. The van der Waals surface area contributed by atoms with Crippen LogP contribution in [-0.4, -0.2) is 32.4 Å². The van der Waals surface area contributed by atoms with Gasteiger partial charge in [0.05, 0.1) is 19.3 Å². The summed E-state index contributed by atoms with van der Waals surface area (Å²) in [6.45, 7) is 11.2. The summed E-state index contributed by atoms with van der Waals surface area (Å²) in [5, 5.41) is 4.15. The number of ether oxygens (including phenoxy) is 2. The maximum atomic E-state index is 6.28. The molecule has 1 atom stereocenters. The lowest BCUT2D eigenvalue weighted by Crippen LogP contribution is -2.30. The Morgan fingerprint density at radius 1 is 1.10 bits per heavy atom. The molecule has 0 aliphatic heterocycles. The first-order chi connectivity index (χ1) is 10.0. The first-order valence-corrected chi connectivity index (χ1v) is 8.05. The monoisotopic (exact) mass is 313 g/mol. The first kappa shape index (κ1) is 18.4. The van der Waals surface area contributed by atoms with E-state index in [4.69, 9.17) is 21.1 Å². The van der Waals surface area contributed by atoms with Crippen LogP contribution in [0, 0.1) is 5.92 Å². The molecule has 0 aliphatic rings. The highest BCUT2D eigenvalue weighted by Gasteiger charge is 2.15. The molecular formula is C17H28ClNO2. The zero-order valence-electron chi connectivity index (χ0n) is 13.6. The highest BCUT2D eigenvalue weighted by Crippen LogP contribution is 2.25. The maximum absolute atomic E-state index is 6.28. The SMILES string of the molecule is CC(C)COCCOC(CNC(C)C)c1ccccc1Cl. The van der Waals surface area contributed by atoms with Gasteiger partial charge >= 0.3 is 0 Å². The Hall–Kier alpha value is -0.610. The van der Waals surface area contributed by atoms with Crippen molar-refractivity contribution in [1.82, 2.24) is 5.32 Å². The van der Waals surface area contributed by atoms with Gasteiger partial charge in [-0.25, -0.2) is 0 Å². The molecule has 0 heterocycles. The average Bonchev–Trinajstić information content (AvgIpc) is 2.42. The summed E-state index contributed by atoms with van der Waals surface area (Å²) in [4.78, 5) is 0. The van der Waals surface area contributed by atoms with Crippen molar-refractivity contribution < 1.29 is 9.47 Å². The summed E-state index contributed by atoms with van der Waals surface area (Å²) in [5.74, 6) is 0.548. The molecule has 0 aliphatic carbocycles. The van der Waals surface area contributed by atoms with E-state index in [1.54, 1.807) is 0 Å². The molecule has 0 saturated heterocycles. The molecule has 0 saturated carbocycles. The summed E-state index contributed by atoms with van der Waals surface area (Å²) in [7, 11) is 0. The Morgan fingerprint density at radius 3 is 2.43 bits per heavy atom. The van der Waals surface area contributed by atoms with Crippen LogP contribution in [0.2, 0.25) is 5.02 Å². The third-order valence-electron chi connectivity index (χ3n) is 2.96. The van der Waals surface area contributed by atoms with E-state index in [0.29, 0.717) is 25.2 Å². The van der Waals surface area contributed by atoms with E-state index < -0.39 is 0 Å². The van der Waals surface area contributed by atoms with Crippen LogP contribution in [0.1, 0.15) is 39.4 Å². The molecule has 4 heteroatoms. The Kier molecular flexibility index (Phi) is 8.93. The van der Waals surface area contributed by atoms with Crippen molar-refractivity contribution in [3.8, 4) is 0 Å². The van der Waals surface area contributed by atoms with Crippen molar-refractivity contribution in [3.63, 3.8) is 0 Å². The van der Waals surface area contributed by atoms with Gasteiger partial charge in [-0.1, -0.05) is 57.5 Å². The molecule has 120 valence electrons. The predicted molar refractivity (Wildman–Crippen MR) is 88.9 cm³/mol. The highest BCUT2D eigenvalue weighted by molar-refractivity contribution is 6.31. The molecule has 0 spiro atoms. The number of benzene rings is 1. The van der Waals surface area contributed by atoms with Gasteiger partial charge in [0.1, 0.15) is 0 Å². The van der Waals surface area contributed by atoms with E-state index in [1.807, 2.05) is 24.3 Å². The van der Waals surface area contributed by atoms with Gasteiger partial charge < -0.3 is 14.8 Å². The van der Waals surface area contributed by atoms with E-state index in [9.17, 15) is 0 Å². The van der Waals surface area contributed by atoms with Gasteiger partial charge in [0.2, 0.25) is 0 Å². The Balaban J connectivity index is 2.51. The Labute approximate surface area is 134 Å². The summed E-state index contributed by atoms with van der Waals surface area (Å²) < 4.78 is 11.5. The van der Waals surface area contributed by atoms with Gasteiger partial charge in [-0.05, 0) is 12.0 Å². The number of halogens is 1. The van der Waals surface area contributed by atoms with Gasteiger partial charge in [0.15, 0.2) is 0 Å². The molecule has 1 aromatic carbocycles. The van der Waals surface area contributed by atoms with Crippen molar-refractivity contribution >= 4 is 11.6 Å². The molecule has 1 unspecified atom stereocenters. The second-order valence-corrected chi connectivity index (χ2v) is 6.32. The van der Waals surface area contributed by atoms with E-state index >= 15 is 0 Å². The van der Waals surface area contributed by atoms with Crippen molar-refractivity contribution in [1.29, 1.82) is 0 Å². The highest BCUT2D eigenvalue weighted by atomic mass is 35.5. The molecule has 0 radical (unpaired) electrons. The lowest BCUT2D eigenvalue weighted by atomic mass is 10.1. The van der Waals surface area contributed by atoms with E-state index in [0.717, 1.165) is 23.7 Å². The number of hydrogen-bond donors (Lipinski definition) is 1. The van der Waals surface area contributed by atoms with Crippen LogP contribution in [0.4, 0.5) is 0 Å². The van der Waals surface area contributed by atoms with Crippen LogP contribution >= 0.6 is 11.6 Å². The fraction of sp³-hybridized carbons (Fsp3) is 0.647. The third-order valence-corrected chi connectivity index (χ3v) is 3.31. The van der Waals surface area contributed by atoms with Gasteiger partial charge in [-0.15, -0.1) is 0 Å². The van der Waals surface area contributed by atoms with E-state index in [1.165, 1.54) is 0 Å². The minimum Gasteiger partial charge on any atom is -0.379 e. The normalized spacial score (nSPS) is 13.1. The summed E-state index contributed by atoms with van der Waals surface area (Å²) >= 11 is 6.28. The molecule has 1 rings (SSSR count). The number of hydrogen-bond acceptors (Lipinski definition) is 3. The smallest absolute Gasteiger partial charge is 0.0964 e. The average molecular weight is 314 g/mol. The zero-order chi connectivity index (χ0) is 15.7. The molecule has 0 bridgehead atoms. The van der Waals surface area contributed by atoms with Crippen molar-refractivity contribution in [3.05, 3.63) is 34.9 Å². The van der Waals surface area contributed by atoms with Crippen molar-refractivity contribution in [2.75, 3.05) is 26.4 Å². The van der Waals surface area contributed by atoms with Gasteiger partial charge in [-0.3, -0.25) is 0 Å². The van der Waals surface area contributed by atoms with E-state index in [2.05, 4.69) is 33.0 Å². The second kappa shape index (κ2) is 10.2. The Morgan fingerprint density at radius 2 is 1.81 bits per heavy atom. The van der Waals surface area contributed by atoms with Crippen molar-refractivity contribution in [2.45, 2.75) is 39.8 Å². The second-order valence-electron chi connectivity index (χ2n) is 5.91. The van der Waals surface area contributed by atoms with Gasteiger partial charge in [0, 0.05) is 29.8 Å². The minimum atomic E-state index is -0.0521. The molecule has 0 fully saturated rings. The van der Waals surface area contributed by atoms with E-state index in [-0.39, 0.29) is 6.10 Å². The zero-order valence-corrected chi connectivity index (χ0v) is 14.3. The van der Waals surface area contributed by atoms with Gasteiger partial charge in [0.25, 0.3) is 0 Å². The lowest BCUT2D eigenvalue weighted by molar-refractivity contribution is -0.00187. The third kappa shape index (κ3) is 7.82. The van der Waals surface area contributed by atoms with Crippen LogP contribution < -0.4 is 5.32 Å². The standard InChI is InChI=1S/C17H28ClNO2/c1-13(2)12-20-9-10-21-17(11-19-14(3)4)15-7-5-6-8-16(15)18/h5-8,13-14,17,19H,9-12H2,1-4H3. The quantitative estimate of drug-likeness (QED) is 0.661. The largest absolute Gasteiger partial charge is 0.379 e. The Bertz CT molecular complexity index is 396. The van der Waals surface area contributed by atoms with Crippen LogP contribution in [0.5, 0.6) is 0 Å². The number of nitrogens with one attached hydrogen (secondary N) is 1. The molecule has 1 N–H and O–H groups in total. The topological polar surface area (TPSA) is 30.5 Å². The first-order valence-electron chi connectivity index (χ1n) is 7.67. The minimum absolute atomic E-state index is 0.0521. The van der Waals surface area contributed by atoms with Crippen molar-refractivity contribution in [2.24, 2.45) is 5.92 Å². The number of rotatable bonds is 10. The van der Waals surface area contributed by atoms with Crippen LogP contribution in [0.15, 0.2) is 24.3 Å². The molecular weight excluding hydrogens is 286 g/mol. The van der Waals surface area contributed by atoms with Crippen LogP contribution in [0.3, 0.4) is 0 Å². The fourth-order valence-corrected chi connectivity index (χ4v) is 2.16. The molecule has 0 aromatic heterocycles. The molecule has 1 aromatic rings. The molecule has 3 nitrogen and oxygen atoms in total. The predicted octanol–water partition coefficient (Wildman–Crippen LogP) is 4.07. The van der Waals surface area contributed by atoms with Crippen LogP contribution in [0.25, 0.3) is 0 Å². The summed E-state index contributed by atoms with van der Waals surface area (Å²) in [6, 6.07) is 8.25. The molecule has 21 heavy (non-hydrogen) atoms. The van der Waals surface area contributed by atoms with Crippen LogP contribution in [-0.2, 0) is 9.47 Å². The molecule has 0 amide bonds. The fourth-order valence-electron chi connectivity index (χ4n) is 1.91. The summed E-state index contributed by atoms with van der Waals surface area (Å²) in [5.41, 5.74) is 1.02.